The van der Waals surface area contributed by atoms with Crippen LogP contribution in [0.3, 0.4) is 0 Å². The molecule has 274 valence electrons. The maximum atomic E-state index is 6.10. The fraction of sp³-hybridized carbons (Fsp3) is 0.829. The molecule has 3 atom stereocenters. The summed E-state index contributed by atoms with van der Waals surface area (Å²) in [6.07, 6.45) is 4.48. The summed E-state index contributed by atoms with van der Waals surface area (Å²) in [6, 6.07) is 16.0. The van der Waals surface area contributed by atoms with Crippen LogP contribution in [0.5, 0.6) is 5.75 Å². The summed E-state index contributed by atoms with van der Waals surface area (Å²) in [5.74, 6) is 0.987. The van der Waals surface area contributed by atoms with E-state index in [4.69, 9.17) is 41.7 Å². The summed E-state index contributed by atoms with van der Waals surface area (Å²) in [5.41, 5.74) is 0. The molecule has 3 saturated heterocycles. The van der Waals surface area contributed by atoms with E-state index in [-0.39, 0.29) is 0 Å². The van der Waals surface area contributed by atoms with Crippen LogP contribution in [0.4, 0.5) is 0 Å². The zero-order chi connectivity index (χ0) is 34.4. The van der Waals surface area contributed by atoms with Crippen LogP contribution >= 0.6 is 0 Å². The lowest BCUT2D eigenvalue weighted by molar-refractivity contribution is 0.116. The summed E-state index contributed by atoms with van der Waals surface area (Å²) >= 11 is 0. The van der Waals surface area contributed by atoms with Crippen molar-refractivity contribution in [2.24, 2.45) is 0 Å². The van der Waals surface area contributed by atoms with Crippen molar-refractivity contribution in [3.05, 3.63) is 30.3 Å². The highest BCUT2D eigenvalue weighted by Crippen LogP contribution is 2.23. The molecule has 12 heteroatoms. The van der Waals surface area contributed by atoms with Gasteiger partial charge in [-0.3, -0.25) is 0 Å². The Hall–Kier alpha value is -0.649. The molecule has 0 saturated carbocycles. The number of epoxide rings is 3. The summed E-state index contributed by atoms with van der Waals surface area (Å²) in [4.78, 5) is 0. The monoisotopic (exact) mass is 716 g/mol. The van der Waals surface area contributed by atoms with E-state index in [2.05, 4.69) is 47.0 Å². The first-order chi connectivity index (χ1) is 22.6. The van der Waals surface area contributed by atoms with Gasteiger partial charge in [0.1, 0.15) is 24.1 Å². The Kier molecular flexibility index (Phi) is 21.4. The van der Waals surface area contributed by atoms with Gasteiger partial charge in [0, 0.05) is 33.5 Å². The van der Waals surface area contributed by atoms with Gasteiger partial charge < -0.3 is 41.7 Å². The molecule has 0 radical (unpaired) electrons. The molecule has 1 aromatic carbocycles. The molecule has 1 aromatic rings. The third-order valence-corrected chi connectivity index (χ3v) is 18.3. The predicted octanol–water partition coefficient (Wildman–Crippen LogP) is 7.53. The van der Waals surface area contributed by atoms with E-state index >= 15 is 0 Å². The second-order valence-corrected chi connectivity index (χ2v) is 27.1. The fourth-order valence-electron chi connectivity index (χ4n) is 5.15. The van der Waals surface area contributed by atoms with Crippen molar-refractivity contribution in [3.8, 4) is 5.75 Å². The molecule has 3 aliphatic rings. The van der Waals surface area contributed by atoms with Crippen LogP contribution in [0.15, 0.2) is 30.3 Å². The van der Waals surface area contributed by atoms with Crippen LogP contribution in [-0.4, -0.2) is 116 Å². The maximum absolute atomic E-state index is 6.10. The lowest BCUT2D eigenvalue weighted by atomic mass is 10.3. The molecule has 9 nitrogen and oxygen atoms in total. The van der Waals surface area contributed by atoms with Crippen LogP contribution in [-0.2, 0) is 37.3 Å². The molecule has 0 spiro atoms. The van der Waals surface area contributed by atoms with E-state index in [1.54, 1.807) is 0 Å². The van der Waals surface area contributed by atoms with Gasteiger partial charge in [-0.25, -0.2) is 0 Å². The normalized spacial score (nSPS) is 20.0. The SMILES string of the molecule is CCO[Si](C)(C)CCCOCC1CO1.CC[Si](CC)(CCCOCC1CO1)OC.C[Si](C)(CCCOCC1CO1)Oc1ccccc1. The van der Waals surface area contributed by atoms with Crippen molar-refractivity contribution in [1.29, 1.82) is 0 Å². The first-order valence-corrected chi connectivity index (χ1v) is 26.8. The molecule has 0 bridgehead atoms. The lowest BCUT2D eigenvalue weighted by Crippen LogP contribution is -2.35. The largest absolute Gasteiger partial charge is 0.544 e. The summed E-state index contributed by atoms with van der Waals surface area (Å²) in [6.45, 7) is 23.9. The second kappa shape index (κ2) is 23.7. The van der Waals surface area contributed by atoms with Gasteiger partial charge in [0.25, 0.3) is 0 Å². The van der Waals surface area contributed by atoms with Gasteiger partial charge in [0.15, 0.2) is 16.6 Å². The molecule has 4 rings (SSSR count). The Balaban J connectivity index is 0.000000248. The quantitative estimate of drug-likeness (QED) is 0.0579. The molecule has 47 heavy (non-hydrogen) atoms. The van der Waals surface area contributed by atoms with Gasteiger partial charge in [0.05, 0.1) is 39.6 Å². The zero-order valence-corrected chi connectivity index (χ0v) is 34.0. The highest BCUT2D eigenvalue weighted by molar-refractivity contribution is 6.73. The van der Waals surface area contributed by atoms with E-state index in [1.807, 2.05) is 37.4 Å². The molecular weight excluding hydrogens is 649 g/mol. The average Bonchev–Trinajstić information content (AvgIpc) is 3.89. The second-order valence-electron chi connectivity index (χ2n) is 13.9. The van der Waals surface area contributed by atoms with E-state index in [1.165, 1.54) is 24.2 Å². The van der Waals surface area contributed by atoms with Crippen LogP contribution in [0.2, 0.25) is 56.4 Å². The van der Waals surface area contributed by atoms with Gasteiger partial charge in [-0.2, -0.15) is 0 Å². The summed E-state index contributed by atoms with van der Waals surface area (Å²) < 4.78 is 49.3. The van der Waals surface area contributed by atoms with E-state index in [9.17, 15) is 0 Å². The van der Waals surface area contributed by atoms with Crippen molar-refractivity contribution in [2.75, 3.05) is 73.2 Å². The maximum Gasteiger partial charge on any atom is 0.245 e. The molecule has 0 aliphatic carbocycles. The minimum absolute atomic E-state index is 0.371. The van der Waals surface area contributed by atoms with Crippen LogP contribution in [0, 0.1) is 0 Å². The highest BCUT2D eigenvalue weighted by Gasteiger charge is 2.29. The molecule has 3 heterocycles. The third kappa shape index (κ3) is 22.6. The molecule has 3 aliphatic heterocycles. The number of para-hydroxylation sites is 1. The van der Waals surface area contributed by atoms with E-state index < -0.39 is 25.0 Å². The van der Waals surface area contributed by atoms with Crippen molar-refractivity contribution in [3.63, 3.8) is 0 Å². The first-order valence-electron chi connectivity index (χ1n) is 18.1. The van der Waals surface area contributed by atoms with E-state index in [0.29, 0.717) is 18.3 Å². The number of benzene rings is 1. The Bertz CT molecular complexity index is 885. The van der Waals surface area contributed by atoms with Crippen molar-refractivity contribution >= 4 is 25.0 Å². The van der Waals surface area contributed by atoms with Gasteiger partial charge in [0.2, 0.25) is 8.32 Å². The van der Waals surface area contributed by atoms with Crippen LogP contribution in [0.25, 0.3) is 0 Å². The molecular formula is C35H68O9Si3. The van der Waals surface area contributed by atoms with Crippen molar-refractivity contribution in [2.45, 2.75) is 115 Å². The Morgan fingerprint density at radius 2 is 1.06 bits per heavy atom. The van der Waals surface area contributed by atoms with Crippen LogP contribution < -0.4 is 4.43 Å². The minimum Gasteiger partial charge on any atom is -0.544 e. The number of ether oxygens (including phenoxy) is 6. The summed E-state index contributed by atoms with van der Waals surface area (Å²) in [7, 11) is -2.51. The Labute approximate surface area is 290 Å². The zero-order valence-electron chi connectivity index (χ0n) is 31.0. The van der Waals surface area contributed by atoms with Gasteiger partial charge in [-0.1, -0.05) is 32.0 Å². The number of hydrogen-bond acceptors (Lipinski definition) is 9. The van der Waals surface area contributed by atoms with Gasteiger partial charge in [-0.15, -0.1) is 0 Å². The van der Waals surface area contributed by atoms with Crippen LogP contribution in [0.1, 0.15) is 40.0 Å². The van der Waals surface area contributed by atoms with Gasteiger partial charge in [-0.05, 0) is 94.7 Å². The third-order valence-electron chi connectivity index (χ3n) is 8.57. The topological polar surface area (TPSA) is 93.0 Å². The predicted molar refractivity (Wildman–Crippen MR) is 197 cm³/mol. The first kappa shape index (κ1) is 42.5. The van der Waals surface area contributed by atoms with E-state index in [0.717, 1.165) is 97.1 Å². The molecule has 0 aromatic heterocycles. The molecule has 0 N–H and O–H groups in total. The molecule has 3 fully saturated rings. The molecule has 0 amide bonds. The number of hydrogen-bond donors (Lipinski definition) is 0. The van der Waals surface area contributed by atoms with Gasteiger partial charge >= 0.3 is 0 Å². The summed E-state index contributed by atoms with van der Waals surface area (Å²) in [5, 5.41) is 0. The standard InChI is InChI=1S/C14H22O3Si.C11H24O3Si.C10H22O3Si/c1-18(2,17-13-7-4-3-5-8-13)10-6-9-15-11-14-12-16-14;1-4-15(5-2,12-3)8-6-7-13-9-11-10-14-11;1-4-13-14(2,3)7-5-6-11-8-10-9-12-10/h3-5,7-8,14H,6,9-12H2,1-2H3;11H,4-10H2,1-3H3;10H,4-9H2,1-3H3. The Morgan fingerprint density at radius 3 is 1.45 bits per heavy atom. The minimum atomic E-state index is -1.62. The molecule has 3 unspecified atom stereocenters. The van der Waals surface area contributed by atoms with Crippen molar-refractivity contribution in [1.82, 2.24) is 0 Å². The number of rotatable bonds is 25. The lowest BCUT2D eigenvalue weighted by Gasteiger charge is -2.27. The average molecular weight is 717 g/mol. The smallest absolute Gasteiger partial charge is 0.245 e. The van der Waals surface area contributed by atoms with Crippen molar-refractivity contribution < 1.29 is 41.7 Å². The fourth-order valence-corrected chi connectivity index (χ4v) is 11.7. The highest BCUT2D eigenvalue weighted by atomic mass is 28.4. The Morgan fingerprint density at radius 1 is 0.638 bits per heavy atom.